The molecule has 0 aliphatic carbocycles. The first-order valence-electron chi connectivity index (χ1n) is 19.3. The van der Waals surface area contributed by atoms with E-state index >= 15 is 0 Å². The Morgan fingerprint density at radius 3 is 1.94 bits per heavy atom. The number of rotatable bonds is 12. The molecule has 4 aromatic rings. The largest absolute Gasteiger partial charge is 0.372 e. The highest BCUT2D eigenvalue weighted by molar-refractivity contribution is 8.14. The average molecular weight is 1060 g/mol. The minimum atomic E-state index is -0.717. The predicted molar refractivity (Wildman–Crippen MR) is 259 cm³/mol. The van der Waals surface area contributed by atoms with Crippen molar-refractivity contribution in [3.8, 4) is 6.19 Å². The first kappa shape index (κ1) is 53.8. The van der Waals surface area contributed by atoms with Crippen molar-refractivity contribution < 1.29 is 15.1 Å². The van der Waals surface area contributed by atoms with Crippen LogP contribution in [0.25, 0.3) is 0 Å². The molecule has 0 atom stereocenters. The summed E-state index contributed by atoms with van der Waals surface area (Å²) >= 11 is 27.1. The number of amidine groups is 2. The molecular formula is C35H41Cl4N19O6S3. The van der Waals surface area contributed by atoms with E-state index in [0.29, 0.717) is 83.4 Å². The van der Waals surface area contributed by atoms with Gasteiger partial charge >= 0.3 is 0 Å². The number of nitrogens with zero attached hydrogens (tertiary/aromatic N) is 17. The molecule has 3 aliphatic rings. The number of hydrogen-bond donors (Lipinski definition) is 2. The molecule has 67 heavy (non-hydrogen) atoms. The zero-order chi connectivity index (χ0) is 48.9. The van der Waals surface area contributed by atoms with E-state index in [1.807, 2.05) is 35.2 Å². The van der Waals surface area contributed by atoms with Crippen molar-refractivity contribution in [2.75, 3.05) is 59.9 Å². The van der Waals surface area contributed by atoms with E-state index in [9.17, 15) is 30.3 Å². The molecule has 7 heterocycles. The normalized spacial score (nSPS) is 16.6. The van der Waals surface area contributed by atoms with Crippen molar-refractivity contribution in [3.05, 3.63) is 120 Å². The molecule has 0 bridgehead atoms. The highest BCUT2D eigenvalue weighted by Crippen LogP contribution is 2.23. The highest BCUT2D eigenvalue weighted by atomic mass is 35.5. The van der Waals surface area contributed by atoms with Crippen molar-refractivity contribution in [3.63, 3.8) is 0 Å². The maximum atomic E-state index is 10.6. The van der Waals surface area contributed by atoms with Crippen LogP contribution in [0.15, 0.2) is 69.3 Å². The van der Waals surface area contributed by atoms with Gasteiger partial charge in [-0.05, 0) is 36.7 Å². The number of aryl methyl sites for hydroxylation is 1. The Kier molecular flexibility index (Phi) is 22.3. The number of aromatic nitrogens is 4. The molecule has 25 nitrogen and oxygen atoms in total. The molecule has 3 fully saturated rings. The van der Waals surface area contributed by atoms with Gasteiger partial charge in [-0.15, -0.1) is 27.7 Å². The molecular weight excluding hydrogens is 1020 g/mol. The van der Waals surface area contributed by atoms with Crippen LogP contribution in [0, 0.1) is 41.8 Å². The van der Waals surface area contributed by atoms with E-state index in [4.69, 9.17) is 51.7 Å². The maximum Gasteiger partial charge on any atom is 0.276 e. The average Bonchev–Trinajstić information content (AvgIpc) is 4.10. The van der Waals surface area contributed by atoms with Crippen molar-refractivity contribution in [1.29, 1.82) is 5.26 Å². The quantitative estimate of drug-likeness (QED) is 0.0455. The number of pyridine rings is 2. The Balaban J connectivity index is 0.000000196. The lowest BCUT2D eigenvalue weighted by atomic mass is 10.2. The lowest BCUT2D eigenvalue weighted by Gasteiger charge is -2.39. The highest BCUT2D eigenvalue weighted by Gasteiger charge is 2.28. The zero-order valence-electron chi connectivity index (χ0n) is 35.7. The fourth-order valence-corrected chi connectivity index (χ4v) is 9.06. The van der Waals surface area contributed by atoms with Gasteiger partial charge in [0, 0.05) is 93.5 Å². The standard InChI is InChI=1S/C10H9ClN4S.C9H13ClN6O2S.C9H10ClN5O2.C7H9ClN4O2S/c11-9-2-1-8(5-13-9)6-15-3-4-16-10(15)14-7-12;1-13-5-14(2)9(12-16(17)18)15(6-13)4-7-3-11-8(10)19-7;10-8-2-1-7(5-12-8)6-14-4-3-11-9(14)13-15(16)17;1-9-6(11-12(13)14)3-2-5-4-10-7(8)15-5/h1-2,5H,3-4,6H2;3H,4-6H2,1-2H3;1-2,5H,3-4,6H2,(H,11,13);4H,2-3H2,1H3,(H,9,11)/b;12-9+;;. The predicted octanol–water partition coefficient (Wildman–Crippen LogP) is 5.29. The van der Waals surface area contributed by atoms with Crippen LogP contribution >= 0.6 is 80.8 Å². The number of nitriles is 1. The first-order chi connectivity index (χ1) is 32.0. The number of thiazole rings is 2. The molecule has 32 heteroatoms. The Hall–Kier alpha value is -5.80. The minimum Gasteiger partial charge on any atom is -0.372 e. The van der Waals surface area contributed by atoms with Gasteiger partial charge in [-0.1, -0.05) is 70.3 Å². The van der Waals surface area contributed by atoms with E-state index < -0.39 is 15.1 Å². The number of aliphatic imine (C=N–C) groups is 1. The number of hydrazone groups is 3. The summed E-state index contributed by atoms with van der Waals surface area (Å²) in [4.78, 5) is 62.0. The second kappa shape index (κ2) is 27.7. The molecule has 0 spiro atoms. The van der Waals surface area contributed by atoms with Crippen LogP contribution in [0.1, 0.15) is 27.3 Å². The number of halogens is 4. The zero-order valence-corrected chi connectivity index (χ0v) is 41.2. The van der Waals surface area contributed by atoms with Crippen molar-refractivity contribution >= 4 is 104 Å². The van der Waals surface area contributed by atoms with Crippen LogP contribution in [-0.2, 0) is 26.1 Å². The van der Waals surface area contributed by atoms with Gasteiger partial charge in [-0.3, -0.25) is 4.90 Å². The number of nitrogens with one attached hydrogen (secondary N) is 2. The van der Waals surface area contributed by atoms with Crippen molar-refractivity contribution in [2.24, 2.45) is 20.3 Å². The number of thioether (sulfide) groups is 1. The lowest BCUT2D eigenvalue weighted by Crippen LogP contribution is -2.55. The third-order valence-corrected chi connectivity index (χ3v) is 12.3. The van der Waals surface area contributed by atoms with Crippen molar-refractivity contribution in [1.82, 2.24) is 55.1 Å². The summed E-state index contributed by atoms with van der Waals surface area (Å²) in [5.74, 6) is 1.93. The summed E-state index contributed by atoms with van der Waals surface area (Å²) in [7, 11) is 5.30. The summed E-state index contributed by atoms with van der Waals surface area (Å²) in [5.41, 5.74) is 1.99. The fourth-order valence-electron chi connectivity index (χ4n) is 5.93. The van der Waals surface area contributed by atoms with Crippen LogP contribution in [0.5, 0.6) is 0 Å². The molecule has 0 saturated carbocycles. The second-order valence-corrected chi connectivity index (χ2v) is 18.8. The smallest absolute Gasteiger partial charge is 0.276 e. The molecule has 3 saturated heterocycles. The van der Waals surface area contributed by atoms with Crippen molar-refractivity contribution in [2.45, 2.75) is 32.5 Å². The van der Waals surface area contributed by atoms with Gasteiger partial charge in [0.1, 0.15) is 20.5 Å². The molecule has 7 rings (SSSR count). The van der Waals surface area contributed by atoms with E-state index in [2.05, 4.69) is 55.8 Å². The second-order valence-electron chi connectivity index (χ2n) is 13.6. The van der Waals surface area contributed by atoms with Crippen LogP contribution in [0.4, 0.5) is 0 Å². The summed E-state index contributed by atoms with van der Waals surface area (Å²) in [5, 5.41) is 54.7. The molecule has 0 amide bonds. The van der Waals surface area contributed by atoms with Crippen LogP contribution in [-0.4, -0.2) is 142 Å². The molecule has 358 valence electrons. The molecule has 0 aromatic carbocycles. The maximum absolute atomic E-state index is 10.6. The molecule has 0 unspecified atom stereocenters. The Labute approximate surface area is 415 Å². The topological polar surface area (TPSA) is 294 Å². The van der Waals surface area contributed by atoms with Gasteiger partial charge in [-0.2, -0.15) is 5.26 Å². The van der Waals surface area contributed by atoms with Gasteiger partial charge in [0.15, 0.2) is 35.0 Å². The summed E-state index contributed by atoms with van der Waals surface area (Å²) in [6.45, 7) is 5.11. The number of nitro groups is 3. The van der Waals surface area contributed by atoms with E-state index in [1.54, 1.807) is 72.6 Å². The van der Waals surface area contributed by atoms with Gasteiger partial charge in [0.25, 0.3) is 11.9 Å². The molecule has 3 aliphatic heterocycles. The van der Waals surface area contributed by atoms with E-state index in [1.165, 1.54) is 22.7 Å². The molecule has 4 aromatic heterocycles. The third-order valence-electron chi connectivity index (χ3n) is 8.63. The van der Waals surface area contributed by atoms with Crippen LogP contribution < -0.4 is 10.6 Å². The molecule has 0 radical (unpaired) electrons. The van der Waals surface area contributed by atoms with E-state index in [0.717, 1.165) is 44.9 Å². The fraction of sp³-hybridized carbons (Fsp3) is 0.400. The molecule has 2 N–H and O–H groups in total. The monoisotopic (exact) mass is 1060 g/mol. The lowest BCUT2D eigenvalue weighted by molar-refractivity contribution is -0.486. The number of guanidine groups is 2. The Bertz CT molecular complexity index is 2440. The van der Waals surface area contributed by atoms with Gasteiger partial charge in [0.2, 0.25) is 6.19 Å². The SMILES string of the molecule is CN/C(CCc1cnc(Cl)s1)=N\[N+](=O)[O-].CN1CN(C)/C(=N\[N+](=O)[O-])N(Cc2cnc(Cl)s2)C1.N#CN=C1SCCN1Cc1ccc(Cl)nc1.O=[N+]([O-])/N=C1\NCCN1Cc1ccc(Cl)nc1. The summed E-state index contributed by atoms with van der Waals surface area (Å²) in [6.07, 6.45) is 9.65. The van der Waals surface area contributed by atoms with Gasteiger partial charge in [0.05, 0.1) is 25.0 Å². The van der Waals surface area contributed by atoms with Crippen LogP contribution in [0.3, 0.4) is 0 Å². The third kappa shape index (κ3) is 19.5. The van der Waals surface area contributed by atoms with Gasteiger partial charge < -0.3 is 30.2 Å². The van der Waals surface area contributed by atoms with Crippen LogP contribution in [0.2, 0.25) is 19.2 Å². The Morgan fingerprint density at radius 2 is 1.42 bits per heavy atom. The number of hydrogen-bond acceptors (Lipinski definition) is 16. The first-order valence-corrected chi connectivity index (χ1v) is 23.4. The minimum absolute atomic E-state index is 0.282. The summed E-state index contributed by atoms with van der Waals surface area (Å²) in [6, 6.07) is 7.21. The van der Waals surface area contributed by atoms with Gasteiger partial charge in [-0.25, -0.2) is 50.3 Å². The summed E-state index contributed by atoms with van der Waals surface area (Å²) < 4.78 is 0.934. The van der Waals surface area contributed by atoms with E-state index in [-0.39, 0.29) is 5.96 Å². The Morgan fingerprint density at radius 1 is 0.806 bits per heavy atom.